The molecule has 2 aromatic rings. The van der Waals surface area contributed by atoms with Crippen molar-refractivity contribution in [2.75, 3.05) is 18.1 Å². The third-order valence-electron chi connectivity index (χ3n) is 5.58. The van der Waals surface area contributed by atoms with Crippen LogP contribution in [0.25, 0.3) is 6.08 Å². The Kier molecular flexibility index (Phi) is 8.13. The Balaban J connectivity index is 1.55. The number of fused-ring (bicyclic) bond motifs is 1. The number of nitrogen functional groups attached to an aromatic ring is 1. The summed E-state index contributed by atoms with van der Waals surface area (Å²) >= 11 is 2.21. The summed E-state index contributed by atoms with van der Waals surface area (Å²) in [5.74, 6) is -4.10. The van der Waals surface area contributed by atoms with Crippen molar-refractivity contribution in [3.05, 3.63) is 63.3 Å². The Morgan fingerprint density at radius 1 is 1.27 bits per heavy atom. The monoisotopic (exact) mass is 579 g/mol. The van der Waals surface area contributed by atoms with Gasteiger partial charge in [0.1, 0.15) is 22.8 Å². The zero-order chi connectivity index (χ0) is 29.0. The molecule has 2 aliphatic rings. The number of thioether (sulfide) groups is 1. The van der Waals surface area contributed by atoms with E-state index in [1.165, 1.54) is 41.4 Å². The number of thiazole rings is 1. The van der Waals surface area contributed by atoms with E-state index in [9.17, 15) is 29.5 Å². The number of aromatic nitrogens is 1. The molecule has 40 heavy (non-hydrogen) atoms. The van der Waals surface area contributed by atoms with Gasteiger partial charge in [-0.15, -0.1) is 23.1 Å². The number of nitrogens with zero attached hydrogens (tertiary/aromatic N) is 5. The van der Waals surface area contributed by atoms with Crippen molar-refractivity contribution < 1.29 is 34.2 Å². The SMILES string of the molecule is N#Cc1ccc(/C=C/C2=C(C(=O)O)N3C(=O)C(NC(=O)/C(=N/OCC(=O)O)c4csc(N)n4)[C@H]3SC2)c(C#N)c1. The summed E-state index contributed by atoms with van der Waals surface area (Å²) < 4.78 is 0. The summed E-state index contributed by atoms with van der Waals surface area (Å²) in [5.41, 5.74) is 6.24. The number of anilines is 1. The molecule has 0 bridgehead atoms. The number of benzene rings is 1. The first-order valence-electron chi connectivity index (χ1n) is 11.1. The summed E-state index contributed by atoms with van der Waals surface area (Å²) in [6.45, 7) is -0.827. The fourth-order valence-corrected chi connectivity index (χ4v) is 5.66. The largest absolute Gasteiger partial charge is 0.479 e. The van der Waals surface area contributed by atoms with Gasteiger partial charge in [-0.05, 0) is 23.3 Å². The number of oxime groups is 1. The zero-order valence-corrected chi connectivity index (χ0v) is 21.7. The van der Waals surface area contributed by atoms with Gasteiger partial charge in [-0.2, -0.15) is 10.5 Å². The van der Waals surface area contributed by atoms with Crippen LogP contribution in [0.4, 0.5) is 5.13 Å². The van der Waals surface area contributed by atoms with Gasteiger partial charge in [0.25, 0.3) is 11.8 Å². The number of aliphatic carboxylic acids is 2. The minimum Gasteiger partial charge on any atom is -0.479 e. The normalized spacial score (nSPS) is 18.4. The van der Waals surface area contributed by atoms with Crippen LogP contribution in [0.3, 0.4) is 0 Å². The number of nitriles is 2. The molecule has 1 fully saturated rings. The Morgan fingerprint density at radius 2 is 2.05 bits per heavy atom. The highest BCUT2D eigenvalue weighted by Crippen LogP contribution is 2.41. The first-order chi connectivity index (χ1) is 19.1. The van der Waals surface area contributed by atoms with Crippen LogP contribution in [0.1, 0.15) is 22.4 Å². The number of β-lactam (4-membered cyclic amide) rings is 1. The number of nitrogens with two attached hydrogens (primary N) is 1. The quantitative estimate of drug-likeness (QED) is 0.183. The summed E-state index contributed by atoms with van der Waals surface area (Å²) in [7, 11) is 0. The molecule has 16 heteroatoms. The number of carbonyl (C=O) groups excluding carboxylic acids is 2. The van der Waals surface area contributed by atoms with Gasteiger partial charge in [0.2, 0.25) is 6.61 Å². The number of rotatable bonds is 9. The van der Waals surface area contributed by atoms with Crippen LogP contribution >= 0.6 is 23.1 Å². The molecule has 1 saturated heterocycles. The fourth-order valence-electron chi connectivity index (χ4n) is 3.79. The maximum Gasteiger partial charge on any atom is 0.352 e. The first kappa shape index (κ1) is 27.8. The van der Waals surface area contributed by atoms with Gasteiger partial charge < -0.3 is 26.1 Å². The molecule has 0 spiro atoms. The number of hydrogen-bond acceptors (Lipinski definition) is 12. The van der Waals surface area contributed by atoms with E-state index in [-0.39, 0.29) is 27.8 Å². The van der Waals surface area contributed by atoms with Crippen LogP contribution < -0.4 is 11.1 Å². The van der Waals surface area contributed by atoms with E-state index in [1.54, 1.807) is 6.07 Å². The average molecular weight is 580 g/mol. The molecule has 5 N–H and O–H groups in total. The van der Waals surface area contributed by atoms with Gasteiger partial charge in [0.15, 0.2) is 10.8 Å². The molecule has 202 valence electrons. The van der Waals surface area contributed by atoms with Gasteiger partial charge in [-0.3, -0.25) is 14.5 Å². The molecule has 2 aliphatic heterocycles. The van der Waals surface area contributed by atoms with Crippen LogP contribution in [0, 0.1) is 22.7 Å². The van der Waals surface area contributed by atoms with Gasteiger partial charge >= 0.3 is 11.9 Å². The highest BCUT2D eigenvalue weighted by molar-refractivity contribution is 8.00. The molecule has 0 saturated carbocycles. The van der Waals surface area contributed by atoms with Gasteiger partial charge in [-0.1, -0.05) is 23.4 Å². The van der Waals surface area contributed by atoms with Crippen LogP contribution in [0.2, 0.25) is 0 Å². The number of amides is 2. The lowest BCUT2D eigenvalue weighted by molar-refractivity contribution is -0.150. The van der Waals surface area contributed by atoms with E-state index < -0.39 is 47.5 Å². The number of carboxylic acids is 2. The van der Waals surface area contributed by atoms with Gasteiger partial charge in [-0.25, -0.2) is 14.6 Å². The molecular weight excluding hydrogens is 562 g/mol. The molecule has 2 atom stereocenters. The van der Waals surface area contributed by atoms with Gasteiger partial charge in [0, 0.05) is 11.1 Å². The van der Waals surface area contributed by atoms with Crippen LogP contribution in [0.5, 0.6) is 0 Å². The Morgan fingerprint density at radius 3 is 2.67 bits per heavy atom. The van der Waals surface area contributed by atoms with Crippen LogP contribution in [0.15, 0.2) is 46.1 Å². The molecule has 3 heterocycles. The second kappa shape index (κ2) is 11.7. The van der Waals surface area contributed by atoms with Crippen molar-refractivity contribution in [3.63, 3.8) is 0 Å². The Hall–Kier alpha value is -5.19. The fraction of sp³-hybridized carbons (Fsp3) is 0.167. The third-order valence-corrected chi connectivity index (χ3v) is 7.55. The number of hydrogen-bond donors (Lipinski definition) is 4. The molecule has 4 rings (SSSR count). The van der Waals surface area contributed by atoms with E-state index in [0.29, 0.717) is 16.7 Å². The van der Waals surface area contributed by atoms with Crippen molar-refractivity contribution in [1.29, 1.82) is 10.5 Å². The molecular formula is C24H17N7O7S2. The van der Waals surface area contributed by atoms with Crippen molar-refractivity contribution in [2.24, 2.45) is 5.16 Å². The summed E-state index contributed by atoms with van der Waals surface area (Å²) in [5, 5.41) is 43.9. The molecule has 1 aromatic carbocycles. The summed E-state index contributed by atoms with van der Waals surface area (Å²) in [4.78, 5) is 58.6. The number of allylic oxidation sites excluding steroid dienone is 1. The predicted octanol–water partition coefficient (Wildman–Crippen LogP) is 0.726. The van der Waals surface area contributed by atoms with Crippen molar-refractivity contribution in [3.8, 4) is 12.1 Å². The predicted molar refractivity (Wildman–Crippen MR) is 141 cm³/mol. The third kappa shape index (κ3) is 5.63. The standard InChI is InChI=1S/C24H17N7O7S2/c25-6-11-1-2-12(14(5-11)7-26)3-4-13-9-39-22-18(21(35)31(22)19(13)23(36)37)29-20(34)17(30-38-8-16(32)33)15-10-40-24(27)28-15/h1-5,10,18,22H,8-9H2,(H2,27,28)(H,29,34)(H,32,33)(H,36,37)/b4-3+,30-17+/t18?,22-/m1/s1. The average Bonchev–Trinajstić information content (AvgIpc) is 3.37. The zero-order valence-electron chi connectivity index (χ0n) is 20.1. The summed E-state index contributed by atoms with van der Waals surface area (Å²) in [6.07, 6.45) is 3.02. The van der Waals surface area contributed by atoms with Gasteiger partial charge in [0.05, 0.1) is 23.3 Å². The van der Waals surface area contributed by atoms with Crippen molar-refractivity contribution in [2.45, 2.75) is 11.4 Å². The maximum atomic E-state index is 13.0. The minimum atomic E-state index is -1.36. The van der Waals surface area contributed by atoms with Crippen LogP contribution in [-0.2, 0) is 24.0 Å². The highest BCUT2D eigenvalue weighted by atomic mass is 32.2. The smallest absolute Gasteiger partial charge is 0.352 e. The molecule has 0 radical (unpaired) electrons. The molecule has 2 amide bonds. The van der Waals surface area contributed by atoms with Crippen LogP contribution in [-0.4, -0.2) is 73.3 Å². The lowest BCUT2D eigenvalue weighted by atomic mass is 10.0. The van der Waals surface area contributed by atoms with E-state index in [2.05, 4.69) is 20.3 Å². The Labute approximate surface area is 233 Å². The first-order valence-corrected chi connectivity index (χ1v) is 13.0. The maximum absolute atomic E-state index is 13.0. The molecule has 1 unspecified atom stereocenters. The lowest BCUT2D eigenvalue weighted by Crippen LogP contribution is -2.71. The lowest BCUT2D eigenvalue weighted by Gasteiger charge is -2.49. The van der Waals surface area contributed by atoms with Crippen molar-refractivity contribution >= 4 is 63.8 Å². The number of nitrogens with one attached hydrogen (secondary N) is 1. The molecule has 0 aliphatic carbocycles. The van der Waals surface area contributed by atoms with E-state index >= 15 is 0 Å². The Bertz CT molecular complexity index is 1600. The second-order valence-electron chi connectivity index (χ2n) is 8.08. The van der Waals surface area contributed by atoms with Crippen molar-refractivity contribution in [1.82, 2.24) is 15.2 Å². The number of carbonyl (C=O) groups is 4. The van der Waals surface area contributed by atoms with E-state index in [1.807, 2.05) is 12.1 Å². The topological polar surface area (TPSA) is 232 Å². The van der Waals surface area contributed by atoms with E-state index in [4.69, 9.17) is 16.1 Å². The number of carboxylic acid groups (broad SMARTS) is 2. The minimum absolute atomic E-state index is 0.00315. The second-order valence-corrected chi connectivity index (χ2v) is 10.1. The van der Waals surface area contributed by atoms with E-state index in [0.717, 1.165) is 16.2 Å². The molecule has 14 nitrogen and oxygen atoms in total. The summed E-state index contributed by atoms with van der Waals surface area (Å²) in [6, 6.07) is 7.31. The highest BCUT2D eigenvalue weighted by Gasteiger charge is 2.54. The molecule has 1 aromatic heterocycles.